The first-order valence-electron chi connectivity index (χ1n) is 8.41. The Balaban J connectivity index is 1.97. The molecule has 0 fully saturated rings. The van der Waals surface area contributed by atoms with Gasteiger partial charge in [-0.2, -0.15) is 0 Å². The van der Waals surface area contributed by atoms with Crippen molar-refractivity contribution in [3.05, 3.63) is 71.4 Å². The third-order valence-electron chi connectivity index (χ3n) is 4.33. The molecule has 2 atom stereocenters. The molecule has 128 valence electrons. The number of nitrogens with one attached hydrogen (secondary N) is 1. The van der Waals surface area contributed by atoms with E-state index in [-0.39, 0.29) is 17.6 Å². The third kappa shape index (κ3) is 3.61. The average molecular weight is 333 g/mol. The first kappa shape index (κ1) is 16.9. The smallest absolute Gasteiger partial charge is 0.116 e. The Kier molecular flexibility index (Phi) is 4.67. The number of ether oxygens (including phenoxy) is 1. The first-order valence-corrected chi connectivity index (χ1v) is 8.41. The predicted molar refractivity (Wildman–Crippen MR) is 101 cm³/mol. The summed E-state index contributed by atoms with van der Waals surface area (Å²) in [6, 6.07) is 6.44. The van der Waals surface area contributed by atoms with Crippen molar-refractivity contribution in [2.24, 2.45) is 11.7 Å². The first-order chi connectivity index (χ1) is 12.0. The molecule has 3 rings (SSSR count). The van der Waals surface area contributed by atoms with Crippen molar-refractivity contribution in [3.63, 3.8) is 0 Å². The van der Waals surface area contributed by atoms with Crippen molar-refractivity contribution >= 4 is 6.08 Å². The highest BCUT2D eigenvalue weighted by Gasteiger charge is 2.40. The Labute approximate surface area is 149 Å². The molecule has 1 aliphatic carbocycles. The number of hydrogen-bond acceptors (Lipinski definition) is 4. The van der Waals surface area contributed by atoms with Crippen LogP contribution in [0.25, 0.3) is 6.08 Å². The lowest BCUT2D eigenvalue weighted by Crippen LogP contribution is -2.41. The fourth-order valence-electron chi connectivity index (χ4n) is 3.12. The van der Waals surface area contributed by atoms with Gasteiger partial charge in [-0.15, -0.1) is 0 Å². The van der Waals surface area contributed by atoms with Gasteiger partial charge in [-0.05, 0) is 62.1 Å². The van der Waals surface area contributed by atoms with Gasteiger partial charge in [0.1, 0.15) is 5.76 Å². The fourth-order valence-corrected chi connectivity index (χ4v) is 3.12. The predicted octanol–water partition coefficient (Wildman–Crippen LogP) is 3.13. The van der Waals surface area contributed by atoms with E-state index in [0.717, 1.165) is 22.5 Å². The van der Waals surface area contributed by atoms with Crippen LogP contribution in [0.2, 0.25) is 0 Å². The molecule has 0 spiro atoms. The highest BCUT2D eigenvalue weighted by molar-refractivity contribution is 5.67. The lowest BCUT2D eigenvalue weighted by molar-refractivity contribution is 0.153. The van der Waals surface area contributed by atoms with Gasteiger partial charge in [0.2, 0.25) is 0 Å². The summed E-state index contributed by atoms with van der Waals surface area (Å²) in [5, 5.41) is 3.47. The molecule has 0 aromatic carbocycles. The molecule has 2 heterocycles. The zero-order valence-electron chi connectivity index (χ0n) is 14.8. The number of rotatable bonds is 4. The van der Waals surface area contributed by atoms with Crippen LogP contribution in [0.3, 0.4) is 0 Å². The van der Waals surface area contributed by atoms with E-state index in [0.29, 0.717) is 0 Å². The summed E-state index contributed by atoms with van der Waals surface area (Å²) < 4.78 is 5.88. The SMILES string of the molecule is CC(C)OC1=CC2C(/C(C#CN)=C/c3cccnc3)=CNC2(C)C=C1. The maximum Gasteiger partial charge on any atom is 0.116 e. The lowest BCUT2D eigenvalue weighted by atomic mass is 9.78. The van der Waals surface area contributed by atoms with E-state index in [1.54, 1.807) is 6.20 Å². The van der Waals surface area contributed by atoms with Crippen LogP contribution in [0.1, 0.15) is 26.3 Å². The topological polar surface area (TPSA) is 60.2 Å². The van der Waals surface area contributed by atoms with Gasteiger partial charge in [-0.3, -0.25) is 4.98 Å². The number of fused-ring (bicyclic) bond motifs is 1. The number of nitrogens with two attached hydrogens (primary N) is 1. The number of pyridine rings is 1. The van der Waals surface area contributed by atoms with E-state index in [1.807, 2.05) is 50.5 Å². The largest absolute Gasteiger partial charge is 0.491 e. The molecule has 2 aliphatic rings. The Morgan fingerprint density at radius 2 is 2.32 bits per heavy atom. The number of aromatic nitrogens is 1. The molecule has 2 unspecified atom stereocenters. The summed E-state index contributed by atoms with van der Waals surface area (Å²) >= 11 is 0. The van der Waals surface area contributed by atoms with Gasteiger partial charge in [-0.1, -0.05) is 12.1 Å². The molecule has 1 aromatic rings. The number of hydrogen-bond donors (Lipinski definition) is 2. The van der Waals surface area contributed by atoms with Crippen LogP contribution >= 0.6 is 0 Å². The van der Waals surface area contributed by atoms with Crippen molar-refractivity contribution in [1.82, 2.24) is 10.3 Å². The average Bonchev–Trinajstić information content (AvgIpc) is 2.92. The van der Waals surface area contributed by atoms with Crippen LogP contribution in [0.15, 0.2) is 65.9 Å². The fraction of sp³-hybridized carbons (Fsp3) is 0.286. The number of nitrogens with zero attached hydrogens (tertiary/aromatic N) is 1. The van der Waals surface area contributed by atoms with Gasteiger partial charge < -0.3 is 15.8 Å². The Morgan fingerprint density at radius 1 is 1.48 bits per heavy atom. The zero-order valence-corrected chi connectivity index (χ0v) is 14.8. The maximum atomic E-state index is 5.88. The van der Waals surface area contributed by atoms with Crippen LogP contribution in [-0.2, 0) is 4.74 Å². The van der Waals surface area contributed by atoms with Gasteiger partial charge in [0.05, 0.1) is 11.6 Å². The van der Waals surface area contributed by atoms with E-state index in [1.165, 1.54) is 0 Å². The standard InChI is InChI=1S/C21H23N3O/c1-15(2)25-18-6-8-21(3)20(12-18)19(14-24-21)17(7-9-22)11-16-5-4-10-23-13-16/h4-6,8,10-15,20,24H,22H2,1-3H3/b17-11+. The van der Waals surface area contributed by atoms with E-state index in [2.05, 4.69) is 41.3 Å². The van der Waals surface area contributed by atoms with Gasteiger partial charge in [0.25, 0.3) is 0 Å². The molecule has 1 aromatic heterocycles. The second-order valence-corrected chi connectivity index (χ2v) is 6.69. The molecule has 4 nitrogen and oxygen atoms in total. The molecule has 4 heteroatoms. The zero-order chi connectivity index (χ0) is 17.9. The minimum Gasteiger partial charge on any atom is -0.491 e. The summed E-state index contributed by atoms with van der Waals surface area (Å²) in [6.07, 6.45) is 14.1. The van der Waals surface area contributed by atoms with Crippen molar-refractivity contribution < 1.29 is 4.74 Å². The molecule has 0 saturated heterocycles. The van der Waals surface area contributed by atoms with Gasteiger partial charge in [0, 0.05) is 36.1 Å². The van der Waals surface area contributed by atoms with E-state index in [4.69, 9.17) is 10.5 Å². The van der Waals surface area contributed by atoms with Gasteiger partial charge >= 0.3 is 0 Å². The molecule has 3 N–H and O–H groups in total. The summed E-state index contributed by atoms with van der Waals surface area (Å²) in [6.45, 7) is 6.22. The highest BCUT2D eigenvalue weighted by Crippen LogP contribution is 2.40. The quantitative estimate of drug-likeness (QED) is 0.656. The molecule has 0 radical (unpaired) electrons. The summed E-state index contributed by atoms with van der Waals surface area (Å²) in [5.74, 6) is 4.04. The molecule has 25 heavy (non-hydrogen) atoms. The van der Waals surface area contributed by atoms with Crippen LogP contribution in [0, 0.1) is 17.9 Å². The Hall–Kier alpha value is -2.93. The molecular weight excluding hydrogens is 310 g/mol. The van der Waals surface area contributed by atoms with Crippen LogP contribution in [-0.4, -0.2) is 16.6 Å². The van der Waals surface area contributed by atoms with Crippen molar-refractivity contribution in [2.45, 2.75) is 32.4 Å². The minimum atomic E-state index is -0.191. The normalized spacial score (nSPS) is 24.6. The third-order valence-corrected chi connectivity index (χ3v) is 4.33. The summed E-state index contributed by atoms with van der Waals surface area (Å²) in [4.78, 5) is 4.16. The molecular formula is C21H23N3O. The summed E-state index contributed by atoms with van der Waals surface area (Å²) in [5.41, 5.74) is 8.30. The lowest BCUT2D eigenvalue weighted by Gasteiger charge is -2.32. The van der Waals surface area contributed by atoms with Crippen molar-refractivity contribution in [3.8, 4) is 12.0 Å². The maximum absolute atomic E-state index is 5.88. The molecule has 0 bridgehead atoms. The molecule has 0 amide bonds. The highest BCUT2D eigenvalue weighted by atomic mass is 16.5. The Morgan fingerprint density at radius 3 is 3.00 bits per heavy atom. The Bertz CT molecular complexity index is 822. The van der Waals surface area contributed by atoms with Crippen molar-refractivity contribution in [1.29, 1.82) is 0 Å². The van der Waals surface area contributed by atoms with Crippen LogP contribution in [0.4, 0.5) is 0 Å². The monoisotopic (exact) mass is 333 g/mol. The second-order valence-electron chi connectivity index (χ2n) is 6.69. The molecule has 1 aliphatic heterocycles. The van der Waals surface area contributed by atoms with E-state index >= 15 is 0 Å². The van der Waals surface area contributed by atoms with Gasteiger partial charge in [0.15, 0.2) is 0 Å². The minimum absolute atomic E-state index is 0.120. The second kappa shape index (κ2) is 6.90. The van der Waals surface area contributed by atoms with E-state index < -0.39 is 0 Å². The molecule has 0 saturated carbocycles. The summed E-state index contributed by atoms with van der Waals surface area (Å²) in [7, 11) is 0. The van der Waals surface area contributed by atoms with E-state index in [9.17, 15) is 0 Å². The number of allylic oxidation sites excluding steroid dienone is 2. The van der Waals surface area contributed by atoms with Crippen LogP contribution < -0.4 is 11.1 Å². The van der Waals surface area contributed by atoms with Crippen molar-refractivity contribution in [2.75, 3.05) is 0 Å². The van der Waals surface area contributed by atoms with Gasteiger partial charge in [-0.25, -0.2) is 0 Å². The van der Waals surface area contributed by atoms with Crippen LogP contribution in [0.5, 0.6) is 0 Å².